The van der Waals surface area contributed by atoms with E-state index in [0.717, 1.165) is 16.8 Å². The Morgan fingerprint density at radius 1 is 0.714 bits per heavy atom. The third-order valence-corrected chi connectivity index (χ3v) is 3.89. The zero-order valence-electron chi connectivity index (χ0n) is 11.7. The minimum atomic E-state index is 1.02. The fourth-order valence-electron chi connectivity index (χ4n) is 2.85. The standard InChI is InChI=1S/C19H14N2/c1-13-5-4-8-16-15-6-2-3-7-17(15)19(21-18(13)16)14-9-11-20-12-10-14/h2-12H,1H3. The molecule has 0 unspecified atom stereocenters. The average Bonchev–Trinajstić information content (AvgIpc) is 2.55. The van der Waals surface area contributed by atoms with Gasteiger partial charge in [0.15, 0.2) is 0 Å². The number of hydrogen-bond acceptors (Lipinski definition) is 2. The van der Waals surface area contributed by atoms with Crippen molar-refractivity contribution in [2.75, 3.05) is 0 Å². The number of hydrogen-bond donors (Lipinski definition) is 0. The number of pyridine rings is 2. The van der Waals surface area contributed by atoms with Crippen LogP contribution in [0.2, 0.25) is 0 Å². The average molecular weight is 270 g/mol. The highest BCUT2D eigenvalue weighted by molar-refractivity contribution is 6.11. The van der Waals surface area contributed by atoms with Crippen LogP contribution in [0.15, 0.2) is 67.0 Å². The van der Waals surface area contributed by atoms with Crippen LogP contribution in [0.25, 0.3) is 32.9 Å². The largest absolute Gasteiger partial charge is 0.265 e. The molecular formula is C19H14N2. The third kappa shape index (κ3) is 1.88. The van der Waals surface area contributed by atoms with E-state index >= 15 is 0 Å². The predicted octanol–water partition coefficient (Wildman–Crippen LogP) is 4.76. The summed E-state index contributed by atoms with van der Waals surface area (Å²) in [6, 6.07) is 18.8. The summed E-state index contributed by atoms with van der Waals surface area (Å²) < 4.78 is 0. The van der Waals surface area contributed by atoms with E-state index in [9.17, 15) is 0 Å². The monoisotopic (exact) mass is 270 g/mol. The van der Waals surface area contributed by atoms with Crippen LogP contribution in [0.4, 0.5) is 0 Å². The first kappa shape index (κ1) is 12.0. The highest BCUT2D eigenvalue weighted by atomic mass is 14.7. The van der Waals surface area contributed by atoms with Gasteiger partial charge in [0.05, 0.1) is 11.2 Å². The van der Waals surface area contributed by atoms with Crippen molar-refractivity contribution < 1.29 is 0 Å². The third-order valence-electron chi connectivity index (χ3n) is 3.89. The second kappa shape index (κ2) is 4.67. The van der Waals surface area contributed by atoms with E-state index in [4.69, 9.17) is 4.98 Å². The van der Waals surface area contributed by atoms with Gasteiger partial charge in [-0.05, 0) is 30.0 Å². The minimum absolute atomic E-state index is 1.02. The molecule has 0 aliphatic rings. The molecule has 21 heavy (non-hydrogen) atoms. The molecule has 0 atom stereocenters. The quantitative estimate of drug-likeness (QED) is 0.466. The Morgan fingerprint density at radius 2 is 1.43 bits per heavy atom. The van der Waals surface area contributed by atoms with Gasteiger partial charge in [-0.2, -0.15) is 0 Å². The van der Waals surface area contributed by atoms with Crippen LogP contribution in [0.5, 0.6) is 0 Å². The molecular weight excluding hydrogens is 256 g/mol. The van der Waals surface area contributed by atoms with Crippen molar-refractivity contribution in [3.05, 3.63) is 72.6 Å². The fraction of sp³-hybridized carbons (Fsp3) is 0.0526. The second-order valence-corrected chi connectivity index (χ2v) is 5.21. The molecule has 0 saturated carbocycles. The highest BCUT2D eigenvalue weighted by Crippen LogP contribution is 2.32. The SMILES string of the molecule is Cc1cccc2c1nc(-c1ccncc1)c1ccccc12. The lowest BCUT2D eigenvalue weighted by molar-refractivity contribution is 1.31. The van der Waals surface area contributed by atoms with E-state index in [1.165, 1.54) is 21.7 Å². The number of aromatic nitrogens is 2. The molecule has 0 aliphatic heterocycles. The van der Waals surface area contributed by atoms with Crippen molar-refractivity contribution in [2.24, 2.45) is 0 Å². The van der Waals surface area contributed by atoms with E-state index < -0.39 is 0 Å². The zero-order chi connectivity index (χ0) is 14.2. The van der Waals surface area contributed by atoms with Crippen molar-refractivity contribution in [3.8, 4) is 11.3 Å². The lowest BCUT2D eigenvalue weighted by Crippen LogP contribution is -1.91. The number of aryl methyl sites for hydroxylation is 1. The summed E-state index contributed by atoms with van der Waals surface area (Å²) >= 11 is 0. The smallest absolute Gasteiger partial charge is 0.0789 e. The molecule has 2 aromatic heterocycles. The van der Waals surface area contributed by atoms with Gasteiger partial charge in [0, 0.05) is 28.7 Å². The number of rotatable bonds is 1. The van der Waals surface area contributed by atoms with Gasteiger partial charge in [0.2, 0.25) is 0 Å². The van der Waals surface area contributed by atoms with Crippen LogP contribution < -0.4 is 0 Å². The van der Waals surface area contributed by atoms with Crippen LogP contribution in [0.3, 0.4) is 0 Å². The van der Waals surface area contributed by atoms with Crippen LogP contribution in [0.1, 0.15) is 5.56 Å². The van der Waals surface area contributed by atoms with Gasteiger partial charge in [-0.3, -0.25) is 4.98 Å². The summed E-state index contributed by atoms with van der Waals surface area (Å²) in [6.45, 7) is 2.11. The molecule has 2 heterocycles. The summed E-state index contributed by atoms with van der Waals surface area (Å²) in [5.74, 6) is 0. The Morgan fingerprint density at radius 3 is 2.24 bits per heavy atom. The topological polar surface area (TPSA) is 25.8 Å². The maximum Gasteiger partial charge on any atom is 0.0789 e. The van der Waals surface area contributed by atoms with E-state index in [1.807, 2.05) is 24.5 Å². The van der Waals surface area contributed by atoms with Crippen molar-refractivity contribution >= 4 is 21.7 Å². The van der Waals surface area contributed by atoms with Gasteiger partial charge >= 0.3 is 0 Å². The fourth-order valence-corrected chi connectivity index (χ4v) is 2.85. The molecule has 0 radical (unpaired) electrons. The van der Waals surface area contributed by atoms with Gasteiger partial charge in [0.25, 0.3) is 0 Å². The Kier molecular flexibility index (Phi) is 2.68. The Bertz CT molecular complexity index is 943. The highest BCUT2D eigenvalue weighted by Gasteiger charge is 2.10. The first-order chi connectivity index (χ1) is 10.3. The van der Waals surface area contributed by atoms with Gasteiger partial charge in [-0.25, -0.2) is 4.98 Å². The molecule has 0 N–H and O–H groups in total. The number of para-hydroxylation sites is 1. The van der Waals surface area contributed by atoms with Crippen LogP contribution in [-0.2, 0) is 0 Å². The molecule has 0 aliphatic carbocycles. The molecule has 4 rings (SSSR count). The van der Waals surface area contributed by atoms with Crippen LogP contribution >= 0.6 is 0 Å². The predicted molar refractivity (Wildman–Crippen MR) is 87.2 cm³/mol. The molecule has 2 heteroatoms. The second-order valence-electron chi connectivity index (χ2n) is 5.21. The molecule has 2 aromatic carbocycles. The Hall–Kier alpha value is -2.74. The Labute approximate surface area is 123 Å². The molecule has 0 amide bonds. The molecule has 4 aromatic rings. The van der Waals surface area contributed by atoms with Crippen LogP contribution in [-0.4, -0.2) is 9.97 Å². The summed E-state index contributed by atoms with van der Waals surface area (Å²) in [5.41, 5.74) is 4.40. The lowest BCUT2D eigenvalue weighted by atomic mass is 9.99. The normalized spacial score (nSPS) is 11.1. The summed E-state index contributed by atoms with van der Waals surface area (Å²) in [6.07, 6.45) is 3.63. The zero-order valence-corrected chi connectivity index (χ0v) is 11.7. The van der Waals surface area contributed by atoms with E-state index in [1.54, 1.807) is 0 Å². The summed E-state index contributed by atoms with van der Waals surface area (Å²) in [4.78, 5) is 9.05. The molecule has 0 bridgehead atoms. The molecule has 100 valence electrons. The minimum Gasteiger partial charge on any atom is -0.265 e. The van der Waals surface area contributed by atoms with Gasteiger partial charge in [-0.1, -0.05) is 42.5 Å². The molecule has 2 nitrogen and oxygen atoms in total. The number of benzene rings is 2. The van der Waals surface area contributed by atoms with Gasteiger partial charge in [-0.15, -0.1) is 0 Å². The lowest BCUT2D eigenvalue weighted by Gasteiger charge is -2.11. The first-order valence-corrected chi connectivity index (χ1v) is 7.03. The van der Waals surface area contributed by atoms with Crippen LogP contribution in [0, 0.1) is 6.92 Å². The molecule has 0 fully saturated rings. The van der Waals surface area contributed by atoms with Crippen molar-refractivity contribution in [2.45, 2.75) is 6.92 Å². The van der Waals surface area contributed by atoms with Crippen molar-refractivity contribution in [1.82, 2.24) is 9.97 Å². The van der Waals surface area contributed by atoms with Gasteiger partial charge < -0.3 is 0 Å². The number of fused-ring (bicyclic) bond motifs is 3. The summed E-state index contributed by atoms with van der Waals surface area (Å²) in [5, 5.41) is 3.64. The maximum atomic E-state index is 4.95. The molecule has 0 saturated heterocycles. The molecule has 0 spiro atoms. The number of nitrogens with zero attached hydrogens (tertiary/aromatic N) is 2. The first-order valence-electron chi connectivity index (χ1n) is 7.03. The van der Waals surface area contributed by atoms with Gasteiger partial charge in [0.1, 0.15) is 0 Å². The van der Waals surface area contributed by atoms with Crippen molar-refractivity contribution in [1.29, 1.82) is 0 Å². The van der Waals surface area contributed by atoms with E-state index in [2.05, 4.69) is 54.4 Å². The van der Waals surface area contributed by atoms with E-state index in [0.29, 0.717) is 0 Å². The van der Waals surface area contributed by atoms with E-state index in [-0.39, 0.29) is 0 Å². The van der Waals surface area contributed by atoms with Crippen molar-refractivity contribution in [3.63, 3.8) is 0 Å². The summed E-state index contributed by atoms with van der Waals surface area (Å²) in [7, 11) is 0. The Balaban J connectivity index is 2.21. The maximum absolute atomic E-state index is 4.95.